The maximum absolute atomic E-state index is 11.5. The molecule has 4 amide bonds. The second kappa shape index (κ2) is 6.52. The number of amides is 4. The van der Waals surface area contributed by atoms with Gasteiger partial charge in [0.2, 0.25) is 0 Å². The van der Waals surface area contributed by atoms with Gasteiger partial charge in [-0.2, -0.15) is 0 Å². The van der Waals surface area contributed by atoms with Crippen LogP contribution in [0, 0.1) is 0 Å². The number of aliphatic hydroxyl groups is 1. The average Bonchev–Trinajstić information content (AvgIpc) is 2.97. The van der Waals surface area contributed by atoms with Crippen LogP contribution in [0.25, 0.3) is 0 Å². The number of imide groups is 2. The highest BCUT2D eigenvalue weighted by molar-refractivity contribution is 6.02. The first-order valence-corrected chi connectivity index (χ1v) is 6.62. The third-order valence-electron chi connectivity index (χ3n) is 3.02. The van der Waals surface area contributed by atoms with Gasteiger partial charge in [0.25, 0.3) is 23.6 Å². The number of hydrogen-bond donors (Lipinski definition) is 1. The van der Waals surface area contributed by atoms with Crippen LogP contribution in [-0.2, 0) is 38.4 Å². The van der Waals surface area contributed by atoms with E-state index in [2.05, 4.69) is 9.68 Å². The van der Waals surface area contributed by atoms with E-state index in [1.165, 1.54) is 0 Å². The first-order chi connectivity index (χ1) is 10.8. The lowest BCUT2D eigenvalue weighted by molar-refractivity contribution is -0.207. The van der Waals surface area contributed by atoms with E-state index in [0.29, 0.717) is 0 Å². The van der Waals surface area contributed by atoms with Gasteiger partial charge >= 0.3 is 11.9 Å². The van der Waals surface area contributed by atoms with Crippen molar-refractivity contribution in [1.82, 2.24) is 10.1 Å². The number of aliphatic hydroxyl groups excluding tert-OH is 1. The number of hydroxylamine groups is 4. The van der Waals surface area contributed by atoms with Gasteiger partial charge in [-0.3, -0.25) is 19.2 Å². The van der Waals surface area contributed by atoms with E-state index >= 15 is 0 Å². The van der Waals surface area contributed by atoms with Gasteiger partial charge in [-0.25, -0.2) is 9.59 Å². The minimum absolute atomic E-state index is 0.101. The average molecular weight is 328 g/mol. The normalized spacial score (nSPS) is 19.3. The fraction of sp³-hybridized carbons (Fsp3) is 0.500. The summed E-state index contributed by atoms with van der Waals surface area (Å²) in [6, 6.07) is 0. The first-order valence-electron chi connectivity index (χ1n) is 6.62. The van der Waals surface area contributed by atoms with E-state index in [1.54, 1.807) is 0 Å². The lowest BCUT2D eigenvalue weighted by Crippen LogP contribution is -2.38. The van der Waals surface area contributed by atoms with Crippen molar-refractivity contribution in [2.45, 2.75) is 38.2 Å². The third kappa shape index (κ3) is 3.69. The molecule has 124 valence electrons. The summed E-state index contributed by atoms with van der Waals surface area (Å²) in [5, 5.41) is 9.98. The van der Waals surface area contributed by atoms with Crippen LogP contribution in [0.1, 0.15) is 32.1 Å². The molecule has 2 aliphatic heterocycles. The summed E-state index contributed by atoms with van der Waals surface area (Å²) in [6.07, 6.45) is -3.40. The molecule has 1 unspecified atom stereocenters. The van der Waals surface area contributed by atoms with E-state index in [4.69, 9.17) is 0 Å². The molecule has 1 N–H and O–H groups in total. The minimum atomic E-state index is -2.03. The van der Waals surface area contributed by atoms with Crippen molar-refractivity contribution < 1.29 is 43.5 Å². The monoisotopic (exact) mass is 328 g/mol. The van der Waals surface area contributed by atoms with E-state index < -0.39 is 48.1 Å². The number of carbonyl (C=O) groups excluding carboxylic acids is 6. The second-order valence-electron chi connectivity index (χ2n) is 4.76. The maximum atomic E-state index is 11.5. The second-order valence-corrected chi connectivity index (χ2v) is 4.76. The summed E-state index contributed by atoms with van der Waals surface area (Å²) >= 11 is 0. The van der Waals surface area contributed by atoms with Gasteiger partial charge in [0.05, 0.1) is 6.42 Å². The lowest BCUT2D eigenvalue weighted by atomic mass is 10.2. The maximum Gasteiger partial charge on any atom is 0.361 e. The Morgan fingerprint density at radius 3 is 1.70 bits per heavy atom. The molecule has 11 heteroatoms. The zero-order chi connectivity index (χ0) is 17.1. The quantitative estimate of drug-likeness (QED) is 0.563. The number of nitrogens with zero attached hydrogens (tertiary/aromatic N) is 2. The highest BCUT2D eigenvalue weighted by Crippen LogP contribution is 2.15. The molecule has 23 heavy (non-hydrogen) atoms. The van der Waals surface area contributed by atoms with Gasteiger partial charge in [0.1, 0.15) is 0 Å². The SMILES string of the molecule is O=C(CC(O)C(=O)ON1C(=O)CCC1=O)ON1C(=O)CCC1=O. The fourth-order valence-electron chi connectivity index (χ4n) is 1.85. The number of hydrogen-bond acceptors (Lipinski definition) is 9. The lowest BCUT2D eigenvalue weighted by Gasteiger charge is -2.16. The summed E-state index contributed by atoms with van der Waals surface area (Å²) in [7, 11) is 0. The molecule has 0 aliphatic carbocycles. The van der Waals surface area contributed by atoms with Crippen LogP contribution in [0.4, 0.5) is 0 Å². The molecule has 2 aliphatic rings. The zero-order valence-electron chi connectivity index (χ0n) is 11.7. The van der Waals surface area contributed by atoms with Crippen LogP contribution in [0.15, 0.2) is 0 Å². The molecule has 0 bridgehead atoms. The number of rotatable bonds is 5. The van der Waals surface area contributed by atoms with E-state index in [1.807, 2.05) is 0 Å². The summed E-state index contributed by atoms with van der Waals surface area (Å²) in [4.78, 5) is 76.8. The summed E-state index contributed by atoms with van der Waals surface area (Å²) in [5.74, 6) is -5.55. The van der Waals surface area contributed by atoms with Crippen molar-refractivity contribution in [2.75, 3.05) is 0 Å². The van der Waals surface area contributed by atoms with E-state index in [0.717, 1.165) is 0 Å². The molecule has 0 spiro atoms. The summed E-state index contributed by atoms with van der Waals surface area (Å²) in [5.41, 5.74) is 0. The van der Waals surface area contributed by atoms with Crippen LogP contribution in [0.2, 0.25) is 0 Å². The minimum Gasteiger partial charge on any atom is -0.381 e. The van der Waals surface area contributed by atoms with Gasteiger partial charge < -0.3 is 14.8 Å². The van der Waals surface area contributed by atoms with Gasteiger partial charge in [-0.05, 0) is 0 Å². The molecule has 11 nitrogen and oxygen atoms in total. The molecule has 2 saturated heterocycles. The van der Waals surface area contributed by atoms with E-state index in [9.17, 15) is 33.9 Å². The highest BCUT2D eigenvalue weighted by atomic mass is 16.7. The Morgan fingerprint density at radius 1 is 0.870 bits per heavy atom. The smallest absolute Gasteiger partial charge is 0.361 e. The number of carbonyl (C=O) groups is 6. The predicted octanol–water partition coefficient (Wildman–Crippen LogP) is -2.05. The van der Waals surface area contributed by atoms with E-state index in [-0.39, 0.29) is 35.8 Å². The van der Waals surface area contributed by atoms with Gasteiger partial charge in [0, 0.05) is 25.7 Å². The van der Waals surface area contributed by atoms with Crippen molar-refractivity contribution in [3.05, 3.63) is 0 Å². The van der Waals surface area contributed by atoms with Crippen LogP contribution < -0.4 is 0 Å². The molecule has 0 aromatic heterocycles. The van der Waals surface area contributed by atoms with Crippen LogP contribution in [0.5, 0.6) is 0 Å². The largest absolute Gasteiger partial charge is 0.381 e. The fourth-order valence-corrected chi connectivity index (χ4v) is 1.85. The molecule has 0 aromatic carbocycles. The molecule has 2 fully saturated rings. The molecule has 0 radical (unpaired) electrons. The molecule has 0 saturated carbocycles. The molecule has 1 atom stereocenters. The molecule has 2 heterocycles. The van der Waals surface area contributed by atoms with Gasteiger partial charge in [0.15, 0.2) is 6.10 Å². The summed E-state index contributed by atoms with van der Waals surface area (Å²) < 4.78 is 0. The van der Waals surface area contributed by atoms with Crippen molar-refractivity contribution in [1.29, 1.82) is 0 Å². The van der Waals surface area contributed by atoms with Crippen molar-refractivity contribution in [2.24, 2.45) is 0 Å². The van der Waals surface area contributed by atoms with Crippen molar-refractivity contribution in [3.63, 3.8) is 0 Å². The molecule has 0 aromatic rings. The Balaban J connectivity index is 1.84. The molecular formula is C12H12N2O9. The first kappa shape index (κ1) is 16.5. The summed E-state index contributed by atoms with van der Waals surface area (Å²) in [6.45, 7) is 0. The highest BCUT2D eigenvalue weighted by Gasteiger charge is 2.37. The Morgan fingerprint density at radius 2 is 1.26 bits per heavy atom. The standard InChI is InChI=1S/C12H12N2O9/c15-6(12(21)23-14-9(18)3-4-10(14)19)5-11(20)22-13-7(16)1-2-8(13)17/h6,15H,1-5H2. The molecular weight excluding hydrogens is 316 g/mol. The predicted molar refractivity (Wildman–Crippen MR) is 65.0 cm³/mol. The van der Waals surface area contributed by atoms with Crippen molar-refractivity contribution in [3.8, 4) is 0 Å². The zero-order valence-corrected chi connectivity index (χ0v) is 11.7. The Bertz CT molecular complexity index is 567. The van der Waals surface area contributed by atoms with Crippen LogP contribution >= 0.6 is 0 Å². The van der Waals surface area contributed by atoms with Gasteiger partial charge in [-0.1, -0.05) is 0 Å². The Labute approximate surface area is 128 Å². The van der Waals surface area contributed by atoms with Gasteiger partial charge in [-0.15, -0.1) is 10.1 Å². The van der Waals surface area contributed by atoms with Crippen LogP contribution in [0.3, 0.4) is 0 Å². The Hall–Kier alpha value is -2.82. The topological polar surface area (TPSA) is 148 Å². The molecule has 2 rings (SSSR count). The third-order valence-corrected chi connectivity index (χ3v) is 3.02. The van der Waals surface area contributed by atoms with Crippen molar-refractivity contribution >= 4 is 35.6 Å². The van der Waals surface area contributed by atoms with Crippen LogP contribution in [-0.4, -0.2) is 56.9 Å². The Kier molecular flexibility index (Phi) is 4.69.